The molecule has 144 valence electrons. The summed E-state index contributed by atoms with van der Waals surface area (Å²) in [5.41, 5.74) is 1.62. The lowest BCUT2D eigenvalue weighted by Crippen LogP contribution is -2.18. The van der Waals surface area contributed by atoms with Gasteiger partial charge < -0.3 is 4.74 Å². The normalized spacial score (nSPS) is 11.5. The molecule has 0 amide bonds. The number of hydrogen-bond acceptors (Lipinski definition) is 4. The van der Waals surface area contributed by atoms with Crippen LogP contribution in [0.1, 0.15) is 11.1 Å². The Morgan fingerprint density at radius 2 is 1.75 bits per heavy atom. The van der Waals surface area contributed by atoms with Gasteiger partial charge in [0.15, 0.2) is 0 Å². The Balaban J connectivity index is 1.62. The van der Waals surface area contributed by atoms with Crippen LogP contribution in [-0.4, -0.2) is 14.6 Å². The molecule has 0 aromatic heterocycles. The van der Waals surface area contributed by atoms with Gasteiger partial charge in [-0.15, -0.1) is 0 Å². The summed E-state index contributed by atoms with van der Waals surface area (Å²) in [6.07, 6.45) is 1.36. The topological polar surface area (TPSA) is 67.8 Å². The number of sulfonamides is 1. The fourth-order valence-electron chi connectivity index (χ4n) is 2.27. The van der Waals surface area contributed by atoms with Crippen molar-refractivity contribution in [2.75, 3.05) is 0 Å². The lowest BCUT2D eigenvalue weighted by Gasteiger charge is -2.07. The molecule has 0 fully saturated rings. The van der Waals surface area contributed by atoms with Gasteiger partial charge in [0.2, 0.25) is 0 Å². The standard InChI is InChI=1S/C20H16ClFN2O3S/c21-17-6-4-15(5-7-17)14-27-19-3-1-2-16(12-19)13-23-24-28(25,26)20-10-8-18(22)9-11-20/h1-13,24H,14H2/b23-13-. The summed E-state index contributed by atoms with van der Waals surface area (Å²) in [4.78, 5) is 2.01. The zero-order valence-electron chi connectivity index (χ0n) is 14.5. The molecule has 0 saturated carbocycles. The minimum atomic E-state index is -3.86. The number of benzene rings is 3. The first kappa shape index (κ1) is 19.9. The lowest BCUT2D eigenvalue weighted by molar-refractivity contribution is 0.306. The molecule has 3 aromatic carbocycles. The highest BCUT2D eigenvalue weighted by Gasteiger charge is 2.12. The van der Waals surface area contributed by atoms with E-state index in [1.165, 1.54) is 18.3 Å². The van der Waals surface area contributed by atoms with Crippen LogP contribution in [0.3, 0.4) is 0 Å². The molecule has 0 spiro atoms. The highest BCUT2D eigenvalue weighted by atomic mass is 35.5. The van der Waals surface area contributed by atoms with Crippen LogP contribution >= 0.6 is 11.6 Å². The highest BCUT2D eigenvalue weighted by molar-refractivity contribution is 7.89. The number of nitrogens with zero attached hydrogens (tertiary/aromatic N) is 1. The third kappa shape index (κ3) is 5.55. The average Bonchev–Trinajstić information content (AvgIpc) is 2.68. The zero-order chi connectivity index (χ0) is 20.0. The van der Waals surface area contributed by atoms with E-state index in [9.17, 15) is 12.8 Å². The zero-order valence-corrected chi connectivity index (χ0v) is 16.1. The van der Waals surface area contributed by atoms with Crippen molar-refractivity contribution in [3.63, 3.8) is 0 Å². The molecule has 3 rings (SSSR count). The second kappa shape index (κ2) is 8.86. The number of halogens is 2. The molecule has 0 heterocycles. The molecule has 28 heavy (non-hydrogen) atoms. The summed E-state index contributed by atoms with van der Waals surface area (Å²) >= 11 is 5.86. The van der Waals surface area contributed by atoms with Crippen molar-refractivity contribution in [3.05, 3.63) is 94.8 Å². The van der Waals surface area contributed by atoms with Gasteiger partial charge in [-0.2, -0.15) is 13.5 Å². The third-order valence-corrected chi connectivity index (χ3v) is 5.18. The van der Waals surface area contributed by atoms with E-state index in [0.29, 0.717) is 22.9 Å². The van der Waals surface area contributed by atoms with Crippen molar-refractivity contribution in [2.24, 2.45) is 5.10 Å². The Kier molecular flexibility index (Phi) is 6.28. The average molecular weight is 419 g/mol. The summed E-state index contributed by atoms with van der Waals surface area (Å²) in [6.45, 7) is 0.370. The Bertz CT molecular complexity index is 1070. The maximum absolute atomic E-state index is 12.9. The molecule has 0 aliphatic heterocycles. The summed E-state index contributed by atoms with van der Waals surface area (Å²) in [6, 6.07) is 18.8. The van der Waals surface area contributed by atoms with Gasteiger partial charge in [-0.05, 0) is 59.7 Å². The number of hydrazone groups is 1. The molecule has 1 N–H and O–H groups in total. The number of nitrogens with one attached hydrogen (secondary N) is 1. The van der Waals surface area contributed by atoms with Gasteiger partial charge in [0.25, 0.3) is 10.0 Å². The Morgan fingerprint density at radius 1 is 1.04 bits per heavy atom. The first-order chi connectivity index (χ1) is 13.4. The van der Waals surface area contributed by atoms with Crippen LogP contribution in [0.25, 0.3) is 0 Å². The van der Waals surface area contributed by atoms with Crippen LogP contribution in [-0.2, 0) is 16.6 Å². The second-order valence-electron chi connectivity index (χ2n) is 5.79. The molecule has 0 aliphatic rings. The summed E-state index contributed by atoms with van der Waals surface area (Å²) < 4.78 is 42.8. The summed E-state index contributed by atoms with van der Waals surface area (Å²) in [7, 11) is -3.86. The van der Waals surface area contributed by atoms with Crippen LogP contribution in [0.5, 0.6) is 5.75 Å². The van der Waals surface area contributed by atoms with E-state index in [1.54, 1.807) is 36.4 Å². The van der Waals surface area contributed by atoms with Gasteiger partial charge in [0.05, 0.1) is 11.1 Å². The third-order valence-electron chi connectivity index (χ3n) is 3.69. The molecule has 8 heteroatoms. The van der Waals surface area contributed by atoms with Crippen molar-refractivity contribution >= 4 is 27.8 Å². The fraction of sp³-hybridized carbons (Fsp3) is 0.0500. The van der Waals surface area contributed by atoms with Gasteiger partial charge >= 0.3 is 0 Å². The molecule has 0 bridgehead atoms. The number of rotatable bonds is 7. The van der Waals surface area contributed by atoms with E-state index < -0.39 is 15.8 Å². The van der Waals surface area contributed by atoms with Gasteiger partial charge in [0, 0.05) is 5.02 Å². The number of ether oxygens (including phenoxy) is 1. The monoisotopic (exact) mass is 418 g/mol. The first-order valence-electron chi connectivity index (χ1n) is 8.20. The van der Waals surface area contributed by atoms with Crippen LogP contribution in [0.2, 0.25) is 5.02 Å². The minimum absolute atomic E-state index is 0.0777. The molecule has 0 unspecified atom stereocenters. The Hall–Kier alpha value is -2.90. The highest BCUT2D eigenvalue weighted by Crippen LogP contribution is 2.16. The SMILES string of the molecule is O=S(=O)(N/N=C\c1cccc(OCc2ccc(Cl)cc2)c1)c1ccc(F)cc1. The van der Waals surface area contributed by atoms with Gasteiger partial charge in [-0.1, -0.05) is 35.9 Å². The lowest BCUT2D eigenvalue weighted by atomic mass is 10.2. The molecule has 0 radical (unpaired) electrons. The Morgan fingerprint density at radius 3 is 2.46 bits per heavy atom. The van der Waals surface area contributed by atoms with Crippen LogP contribution in [0.4, 0.5) is 4.39 Å². The largest absolute Gasteiger partial charge is 0.489 e. The van der Waals surface area contributed by atoms with Crippen LogP contribution < -0.4 is 9.57 Å². The fourth-order valence-corrected chi connectivity index (χ4v) is 3.19. The molecule has 0 atom stereocenters. The van der Waals surface area contributed by atoms with E-state index in [0.717, 1.165) is 17.7 Å². The molecule has 3 aromatic rings. The Labute approximate surface area is 167 Å². The molecular weight excluding hydrogens is 403 g/mol. The quantitative estimate of drug-likeness (QED) is 0.457. The van der Waals surface area contributed by atoms with Gasteiger partial charge in [-0.25, -0.2) is 9.22 Å². The van der Waals surface area contributed by atoms with E-state index in [2.05, 4.69) is 9.93 Å². The van der Waals surface area contributed by atoms with E-state index in [1.807, 2.05) is 12.1 Å². The van der Waals surface area contributed by atoms with E-state index in [-0.39, 0.29) is 4.90 Å². The molecule has 5 nitrogen and oxygen atoms in total. The predicted octanol–water partition coefficient (Wildman–Crippen LogP) is 4.37. The van der Waals surface area contributed by atoms with Crippen LogP contribution in [0, 0.1) is 5.82 Å². The number of hydrogen-bond donors (Lipinski definition) is 1. The van der Waals surface area contributed by atoms with Gasteiger partial charge in [0.1, 0.15) is 18.2 Å². The minimum Gasteiger partial charge on any atom is -0.489 e. The van der Waals surface area contributed by atoms with Crippen molar-refractivity contribution in [2.45, 2.75) is 11.5 Å². The molecular formula is C20H16ClFN2O3S. The first-order valence-corrected chi connectivity index (χ1v) is 10.1. The smallest absolute Gasteiger partial charge is 0.276 e. The van der Waals surface area contributed by atoms with E-state index in [4.69, 9.17) is 16.3 Å². The van der Waals surface area contributed by atoms with Crippen molar-refractivity contribution in [1.29, 1.82) is 0 Å². The predicted molar refractivity (Wildman–Crippen MR) is 107 cm³/mol. The van der Waals surface area contributed by atoms with Crippen LogP contribution in [0.15, 0.2) is 82.8 Å². The maximum atomic E-state index is 12.9. The van der Waals surface area contributed by atoms with Crippen molar-refractivity contribution < 1.29 is 17.5 Å². The van der Waals surface area contributed by atoms with Crippen molar-refractivity contribution in [1.82, 2.24) is 4.83 Å². The van der Waals surface area contributed by atoms with Gasteiger partial charge in [-0.3, -0.25) is 0 Å². The molecule has 0 saturated heterocycles. The molecule has 0 aliphatic carbocycles. The van der Waals surface area contributed by atoms with Crippen molar-refractivity contribution in [3.8, 4) is 5.75 Å². The second-order valence-corrected chi connectivity index (χ2v) is 7.89. The maximum Gasteiger partial charge on any atom is 0.276 e. The summed E-state index contributed by atoms with van der Waals surface area (Å²) in [5.74, 6) is 0.0955. The van der Waals surface area contributed by atoms with E-state index >= 15 is 0 Å². The summed E-state index contributed by atoms with van der Waals surface area (Å²) in [5, 5.41) is 4.41.